The van der Waals surface area contributed by atoms with E-state index < -0.39 is 0 Å². The third-order valence-electron chi connectivity index (χ3n) is 3.60. The SMILES string of the molecule is CN=C(NCc1ccc(N(C)C)nc1)N(C)Cc1cccc(F)c1. The fraction of sp³-hybridized carbons (Fsp3) is 0.333. The van der Waals surface area contributed by atoms with E-state index in [1.807, 2.05) is 55.3 Å². The van der Waals surface area contributed by atoms with E-state index in [0.29, 0.717) is 13.1 Å². The number of nitrogens with zero attached hydrogens (tertiary/aromatic N) is 4. The number of aromatic nitrogens is 1. The largest absolute Gasteiger partial charge is 0.363 e. The second-order valence-electron chi connectivity index (χ2n) is 5.81. The summed E-state index contributed by atoms with van der Waals surface area (Å²) in [4.78, 5) is 12.6. The van der Waals surface area contributed by atoms with E-state index in [1.54, 1.807) is 13.1 Å². The van der Waals surface area contributed by atoms with Crippen molar-refractivity contribution in [1.82, 2.24) is 15.2 Å². The number of hydrogen-bond donors (Lipinski definition) is 1. The van der Waals surface area contributed by atoms with E-state index in [-0.39, 0.29) is 5.82 Å². The number of pyridine rings is 1. The van der Waals surface area contributed by atoms with E-state index in [1.165, 1.54) is 12.1 Å². The maximum Gasteiger partial charge on any atom is 0.193 e. The van der Waals surface area contributed by atoms with Gasteiger partial charge in [0.25, 0.3) is 0 Å². The zero-order valence-corrected chi connectivity index (χ0v) is 14.6. The summed E-state index contributed by atoms with van der Waals surface area (Å²) in [6.45, 7) is 1.20. The molecule has 128 valence electrons. The van der Waals surface area contributed by atoms with Gasteiger partial charge >= 0.3 is 0 Å². The second kappa shape index (κ2) is 8.29. The molecule has 0 atom stereocenters. The average Bonchev–Trinajstić information content (AvgIpc) is 2.56. The summed E-state index contributed by atoms with van der Waals surface area (Å²) in [5.74, 6) is 1.44. The maximum absolute atomic E-state index is 13.3. The number of guanidine groups is 1. The van der Waals surface area contributed by atoms with Crippen molar-refractivity contribution in [1.29, 1.82) is 0 Å². The van der Waals surface area contributed by atoms with Crippen LogP contribution >= 0.6 is 0 Å². The maximum atomic E-state index is 13.3. The number of aliphatic imine (C=N–C) groups is 1. The molecule has 2 rings (SSSR count). The van der Waals surface area contributed by atoms with Crippen LogP contribution in [0.2, 0.25) is 0 Å². The molecule has 5 nitrogen and oxygen atoms in total. The van der Waals surface area contributed by atoms with Gasteiger partial charge in [0.05, 0.1) is 0 Å². The molecular weight excluding hydrogens is 305 g/mol. The Labute approximate surface area is 142 Å². The molecule has 1 aromatic carbocycles. The summed E-state index contributed by atoms with van der Waals surface area (Å²) in [6, 6.07) is 10.6. The summed E-state index contributed by atoms with van der Waals surface area (Å²) in [7, 11) is 7.58. The molecule has 0 aliphatic heterocycles. The zero-order valence-electron chi connectivity index (χ0n) is 14.6. The zero-order chi connectivity index (χ0) is 17.5. The van der Waals surface area contributed by atoms with Crippen molar-refractivity contribution in [3.63, 3.8) is 0 Å². The minimum Gasteiger partial charge on any atom is -0.363 e. The van der Waals surface area contributed by atoms with Crippen LogP contribution in [0.4, 0.5) is 10.2 Å². The third kappa shape index (κ3) is 4.94. The third-order valence-corrected chi connectivity index (χ3v) is 3.60. The van der Waals surface area contributed by atoms with E-state index in [9.17, 15) is 4.39 Å². The summed E-state index contributed by atoms with van der Waals surface area (Å²) >= 11 is 0. The molecule has 1 N–H and O–H groups in total. The van der Waals surface area contributed by atoms with Gasteiger partial charge in [-0.3, -0.25) is 4.99 Å². The molecule has 0 saturated heterocycles. The Morgan fingerprint density at radius 1 is 1.17 bits per heavy atom. The summed E-state index contributed by atoms with van der Waals surface area (Å²) in [5, 5.41) is 3.30. The topological polar surface area (TPSA) is 43.8 Å². The van der Waals surface area contributed by atoms with Crippen LogP contribution in [0.1, 0.15) is 11.1 Å². The van der Waals surface area contributed by atoms with Gasteiger partial charge < -0.3 is 15.1 Å². The van der Waals surface area contributed by atoms with Crippen molar-refractivity contribution in [2.24, 2.45) is 4.99 Å². The molecule has 0 amide bonds. The van der Waals surface area contributed by atoms with E-state index in [0.717, 1.165) is 22.9 Å². The standard InChI is InChI=1S/C18H24FN5/c1-20-18(24(4)13-14-6-5-7-16(19)10-14)22-12-15-8-9-17(21-11-15)23(2)3/h5-11H,12-13H2,1-4H3,(H,20,22). The van der Waals surface area contributed by atoms with Crippen LogP contribution < -0.4 is 10.2 Å². The predicted octanol–water partition coefficient (Wildman–Crippen LogP) is 2.49. The molecule has 6 heteroatoms. The number of rotatable bonds is 5. The number of benzene rings is 1. The van der Waals surface area contributed by atoms with Gasteiger partial charge in [-0.25, -0.2) is 9.37 Å². The van der Waals surface area contributed by atoms with Crippen molar-refractivity contribution in [3.05, 3.63) is 59.5 Å². The average molecular weight is 329 g/mol. The highest BCUT2D eigenvalue weighted by molar-refractivity contribution is 5.79. The minimum atomic E-state index is -0.226. The van der Waals surface area contributed by atoms with Gasteiger partial charge in [0.2, 0.25) is 0 Å². The lowest BCUT2D eigenvalue weighted by Crippen LogP contribution is -2.38. The molecule has 1 heterocycles. The molecule has 0 spiro atoms. The molecule has 0 radical (unpaired) electrons. The summed E-state index contributed by atoms with van der Waals surface area (Å²) in [5.41, 5.74) is 1.97. The smallest absolute Gasteiger partial charge is 0.193 e. The van der Waals surface area contributed by atoms with Gasteiger partial charge in [0, 0.05) is 47.5 Å². The van der Waals surface area contributed by atoms with E-state index >= 15 is 0 Å². The Balaban J connectivity index is 1.94. The molecule has 24 heavy (non-hydrogen) atoms. The van der Waals surface area contributed by atoms with Crippen molar-refractivity contribution in [2.45, 2.75) is 13.1 Å². The lowest BCUT2D eigenvalue weighted by atomic mass is 10.2. The molecule has 2 aromatic rings. The van der Waals surface area contributed by atoms with Gasteiger partial charge in [0.1, 0.15) is 11.6 Å². The first-order chi connectivity index (χ1) is 11.5. The van der Waals surface area contributed by atoms with Crippen molar-refractivity contribution >= 4 is 11.8 Å². The summed E-state index contributed by atoms with van der Waals surface area (Å²) < 4.78 is 13.3. The molecule has 0 fully saturated rings. The fourth-order valence-corrected chi connectivity index (χ4v) is 2.34. The quantitative estimate of drug-likeness (QED) is 0.676. The Morgan fingerprint density at radius 2 is 1.96 bits per heavy atom. The Bertz CT molecular complexity index is 682. The molecule has 0 unspecified atom stereocenters. The Kier molecular flexibility index (Phi) is 6.12. The number of nitrogens with one attached hydrogen (secondary N) is 1. The first kappa shape index (κ1) is 17.7. The van der Waals surface area contributed by atoms with Crippen LogP contribution in [0.15, 0.2) is 47.6 Å². The molecule has 0 aliphatic rings. The van der Waals surface area contributed by atoms with Gasteiger partial charge in [-0.2, -0.15) is 0 Å². The second-order valence-corrected chi connectivity index (χ2v) is 5.81. The van der Waals surface area contributed by atoms with Crippen LogP contribution in [-0.4, -0.2) is 44.0 Å². The van der Waals surface area contributed by atoms with Crippen molar-refractivity contribution < 1.29 is 4.39 Å². The van der Waals surface area contributed by atoms with Crippen LogP contribution in [0, 0.1) is 5.82 Å². The van der Waals surface area contributed by atoms with Crippen LogP contribution in [0.25, 0.3) is 0 Å². The number of anilines is 1. The first-order valence-electron chi connectivity index (χ1n) is 7.78. The Hall–Kier alpha value is -2.63. The van der Waals surface area contributed by atoms with Crippen LogP contribution in [0.5, 0.6) is 0 Å². The van der Waals surface area contributed by atoms with E-state index in [2.05, 4.69) is 15.3 Å². The molecule has 0 aliphatic carbocycles. The number of halogens is 1. The predicted molar refractivity (Wildman–Crippen MR) is 96.6 cm³/mol. The lowest BCUT2D eigenvalue weighted by Gasteiger charge is -2.22. The summed E-state index contributed by atoms with van der Waals surface area (Å²) in [6.07, 6.45) is 1.85. The van der Waals surface area contributed by atoms with Gasteiger partial charge in [-0.1, -0.05) is 18.2 Å². The van der Waals surface area contributed by atoms with Gasteiger partial charge in [-0.05, 0) is 29.3 Å². The highest BCUT2D eigenvalue weighted by Crippen LogP contribution is 2.09. The molecule has 0 saturated carbocycles. The van der Waals surface area contributed by atoms with Gasteiger partial charge in [-0.15, -0.1) is 0 Å². The van der Waals surface area contributed by atoms with Crippen LogP contribution in [0.3, 0.4) is 0 Å². The van der Waals surface area contributed by atoms with Gasteiger partial charge in [0.15, 0.2) is 5.96 Å². The monoisotopic (exact) mass is 329 g/mol. The van der Waals surface area contributed by atoms with Crippen LogP contribution in [-0.2, 0) is 13.1 Å². The molecule has 1 aromatic heterocycles. The highest BCUT2D eigenvalue weighted by Gasteiger charge is 2.07. The molecule has 0 bridgehead atoms. The normalized spacial score (nSPS) is 11.3. The van der Waals surface area contributed by atoms with E-state index in [4.69, 9.17) is 0 Å². The molecular formula is C18H24FN5. The first-order valence-corrected chi connectivity index (χ1v) is 7.78. The van der Waals surface area contributed by atoms with Crippen molar-refractivity contribution in [2.75, 3.05) is 33.1 Å². The highest BCUT2D eigenvalue weighted by atomic mass is 19.1. The Morgan fingerprint density at radius 3 is 2.54 bits per heavy atom. The lowest BCUT2D eigenvalue weighted by molar-refractivity contribution is 0.474. The van der Waals surface area contributed by atoms with Crippen molar-refractivity contribution in [3.8, 4) is 0 Å². The fourth-order valence-electron chi connectivity index (χ4n) is 2.34. The minimum absolute atomic E-state index is 0.226. The number of hydrogen-bond acceptors (Lipinski definition) is 3.